The second-order valence-corrected chi connectivity index (χ2v) is 5.46. The molecular formula is C15H24N2O. The normalized spacial score (nSPS) is 19.3. The van der Waals surface area contributed by atoms with Gasteiger partial charge in [-0.05, 0) is 56.2 Å². The Morgan fingerprint density at radius 3 is 2.50 bits per heavy atom. The van der Waals surface area contributed by atoms with Gasteiger partial charge in [0.1, 0.15) is 0 Å². The van der Waals surface area contributed by atoms with Gasteiger partial charge >= 0.3 is 0 Å². The fourth-order valence-electron chi connectivity index (χ4n) is 2.78. The predicted molar refractivity (Wildman–Crippen MR) is 74.3 cm³/mol. The van der Waals surface area contributed by atoms with Crippen LogP contribution in [0.25, 0.3) is 0 Å². The summed E-state index contributed by atoms with van der Waals surface area (Å²) in [7, 11) is 1.80. The van der Waals surface area contributed by atoms with Crippen LogP contribution in [0.4, 0.5) is 0 Å². The van der Waals surface area contributed by atoms with Crippen LogP contribution in [-0.4, -0.2) is 18.8 Å². The largest absolute Gasteiger partial charge is 0.377 e. The second kappa shape index (κ2) is 5.39. The van der Waals surface area contributed by atoms with Gasteiger partial charge in [0, 0.05) is 7.11 Å². The second-order valence-electron chi connectivity index (χ2n) is 5.46. The Morgan fingerprint density at radius 2 is 2.06 bits per heavy atom. The molecule has 0 bridgehead atoms. The molecule has 1 aliphatic carbocycles. The zero-order valence-electron chi connectivity index (χ0n) is 11.6. The minimum atomic E-state index is -0.0620. The van der Waals surface area contributed by atoms with Crippen LogP contribution in [0.2, 0.25) is 0 Å². The average Bonchev–Trinajstić information content (AvgIpc) is 2.31. The molecule has 0 aliphatic heterocycles. The number of hydrogen-bond acceptors (Lipinski definition) is 3. The summed E-state index contributed by atoms with van der Waals surface area (Å²) in [5.74, 6) is 5.73. The summed E-state index contributed by atoms with van der Waals surface area (Å²) in [6.07, 6.45) is 4.36. The van der Waals surface area contributed by atoms with E-state index < -0.39 is 0 Å². The van der Waals surface area contributed by atoms with Gasteiger partial charge in [-0.2, -0.15) is 0 Å². The third-order valence-corrected chi connectivity index (χ3v) is 4.45. The first kappa shape index (κ1) is 13.5. The fourth-order valence-corrected chi connectivity index (χ4v) is 2.78. The highest BCUT2D eigenvalue weighted by Gasteiger charge is 2.43. The predicted octanol–water partition coefficient (Wildman–Crippen LogP) is 2.25. The molecule has 1 atom stereocenters. The lowest BCUT2D eigenvalue weighted by Gasteiger charge is -2.46. The quantitative estimate of drug-likeness (QED) is 0.620. The van der Waals surface area contributed by atoms with Crippen LogP contribution in [0.1, 0.15) is 36.0 Å². The van der Waals surface area contributed by atoms with Gasteiger partial charge in [-0.1, -0.05) is 18.2 Å². The first-order valence-corrected chi connectivity index (χ1v) is 6.69. The number of aryl methyl sites for hydroxylation is 2. The number of ether oxygens (including phenoxy) is 1. The van der Waals surface area contributed by atoms with Crippen LogP contribution in [0.3, 0.4) is 0 Å². The Balaban J connectivity index is 2.12. The molecule has 1 aromatic rings. The molecule has 3 heteroatoms. The Hall–Kier alpha value is -0.900. The van der Waals surface area contributed by atoms with Gasteiger partial charge in [0.15, 0.2) is 0 Å². The van der Waals surface area contributed by atoms with Gasteiger partial charge in [-0.15, -0.1) is 0 Å². The third-order valence-electron chi connectivity index (χ3n) is 4.45. The first-order chi connectivity index (χ1) is 8.61. The van der Waals surface area contributed by atoms with E-state index in [1.807, 2.05) is 0 Å². The molecule has 1 aromatic carbocycles. The molecule has 3 N–H and O–H groups in total. The van der Waals surface area contributed by atoms with Crippen molar-refractivity contribution < 1.29 is 4.74 Å². The molecule has 1 saturated carbocycles. The zero-order valence-corrected chi connectivity index (χ0v) is 11.6. The summed E-state index contributed by atoms with van der Waals surface area (Å²) in [4.78, 5) is 0. The molecule has 0 saturated heterocycles. The van der Waals surface area contributed by atoms with Crippen molar-refractivity contribution in [2.45, 2.75) is 51.2 Å². The standard InChI is InChI=1S/C15H24N2O/c1-11-5-6-13(9-12(11)2)10-14(17-16)15(18-3)7-4-8-15/h5-6,9,14,17H,4,7-8,10,16H2,1-3H3. The van der Waals surface area contributed by atoms with Crippen LogP contribution in [-0.2, 0) is 11.2 Å². The maximum atomic E-state index is 5.73. The van der Waals surface area contributed by atoms with Crippen LogP contribution in [0, 0.1) is 13.8 Å². The monoisotopic (exact) mass is 248 g/mol. The van der Waals surface area contributed by atoms with Gasteiger partial charge in [0.25, 0.3) is 0 Å². The third kappa shape index (κ3) is 2.44. The van der Waals surface area contributed by atoms with Crippen molar-refractivity contribution in [2.75, 3.05) is 7.11 Å². The summed E-state index contributed by atoms with van der Waals surface area (Å²) < 4.78 is 5.71. The zero-order chi connectivity index (χ0) is 13.2. The van der Waals surface area contributed by atoms with E-state index in [1.54, 1.807) is 7.11 Å². The topological polar surface area (TPSA) is 47.3 Å². The van der Waals surface area contributed by atoms with Gasteiger partial charge in [0.2, 0.25) is 0 Å². The molecule has 100 valence electrons. The molecule has 18 heavy (non-hydrogen) atoms. The van der Waals surface area contributed by atoms with Crippen LogP contribution < -0.4 is 11.3 Å². The fraction of sp³-hybridized carbons (Fsp3) is 0.600. The average molecular weight is 248 g/mol. The van der Waals surface area contributed by atoms with E-state index in [0.29, 0.717) is 0 Å². The van der Waals surface area contributed by atoms with Gasteiger partial charge in [-0.25, -0.2) is 0 Å². The highest BCUT2D eigenvalue weighted by Crippen LogP contribution is 2.39. The molecule has 1 aliphatic rings. The van der Waals surface area contributed by atoms with Crippen molar-refractivity contribution in [2.24, 2.45) is 5.84 Å². The maximum absolute atomic E-state index is 5.73. The SMILES string of the molecule is COC1(C(Cc2ccc(C)c(C)c2)NN)CCC1. The molecular weight excluding hydrogens is 224 g/mol. The van der Waals surface area contributed by atoms with E-state index in [9.17, 15) is 0 Å². The van der Waals surface area contributed by atoms with E-state index in [1.165, 1.54) is 23.1 Å². The van der Waals surface area contributed by atoms with E-state index in [0.717, 1.165) is 19.3 Å². The Labute approximate surface area is 110 Å². The van der Waals surface area contributed by atoms with E-state index in [-0.39, 0.29) is 11.6 Å². The van der Waals surface area contributed by atoms with Crippen LogP contribution in [0.5, 0.6) is 0 Å². The highest BCUT2D eigenvalue weighted by molar-refractivity contribution is 5.30. The molecule has 0 spiro atoms. The summed E-state index contributed by atoms with van der Waals surface area (Å²) in [5, 5.41) is 0. The van der Waals surface area contributed by atoms with E-state index in [4.69, 9.17) is 10.6 Å². The lowest BCUT2D eigenvalue weighted by atomic mass is 9.73. The molecule has 0 radical (unpaired) electrons. The molecule has 0 heterocycles. The Morgan fingerprint density at radius 1 is 1.33 bits per heavy atom. The van der Waals surface area contributed by atoms with E-state index >= 15 is 0 Å². The number of methoxy groups -OCH3 is 1. The molecule has 1 fully saturated rings. The molecule has 1 unspecified atom stereocenters. The van der Waals surface area contributed by atoms with Crippen molar-refractivity contribution in [1.82, 2.24) is 5.43 Å². The minimum Gasteiger partial charge on any atom is -0.377 e. The van der Waals surface area contributed by atoms with Crippen LogP contribution >= 0.6 is 0 Å². The number of nitrogens with two attached hydrogens (primary N) is 1. The number of hydrazine groups is 1. The summed E-state index contributed by atoms with van der Waals surface area (Å²) in [6, 6.07) is 6.81. The maximum Gasteiger partial charge on any atom is 0.0847 e. The minimum absolute atomic E-state index is 0.0620. The Bertz CT molecular complexity index is 407. The molecule has 0 aromatic heterocycles. The molecule has 2 rings (SSSR count). The number of nitrogens with one attached hydrogen (secondary N) is 1. The van der Waals surface area contributed by atoms with E-state index in [2.05, 4.69) is 37.5 Å². The number of hydrogen-bond donors (Lipinski definition) is 2. The van der Waals surface area contributed by atoms with Crippen LogP contribution in [0.15, 0.2) is 18.2 Å². The summed E-state index contributed by atoms with van der Waals surface area (Å²) in [5.41, 5.74) is 6.89. The summed E-state index contributed by atoms with van der Waals surface area (Å²) >= 11 is 0. The highest BCUT2D eigenvalue weighted by atomic mass is 16.5. The van der Waals surface area contributed by atoms with Crippen molar-refractivity contribution >= 4 is 0 Å². The lowest BCUT2D eigenvalue weighted by molar-refractivity contribution is -0.0982. The summed E-state index contributed by atoms with van der Waals surface area (Å²) in [6.45, 7) is 4.29. The number of rotatable bonds is 5. The van der Waals surface area contributed by atoms with Gasteiger partial charge in [0.05, 0.1) is 11.6 Å². The van der Waals surface area contributed by atoms with Crippen molar-refractivity contribution in [1.29, 1.82) is 0 Å². The van der Waals surface area contributed by atoms with Gasteiger partial charge < -0.3 is 4.74 Å². The Kier molecular flexibility index (Phi) is 4.05. The smallest absolute Gasteiger partial charge is 0.0847 e. The van der Waals surface area contributed by atoms with Crippen molar-refractivity contribution in [3.8, 4) is 0 Å². The molecule has 0 amide bonds. The van der Waals surface area contributed by atoms with Crippen molar-refractivity contribution in [3.63, 3.8) is 0 Å². The first-order valence-electron chi connectivity index (χ1n) is 6.69. The van der Waals surface area contributed by atoms with Crippen molar-refractivity contribution in [3.05, 3.63) is 34.9 Å². The molecule has 3 nitrogen and oxygen atoms in total. The number of benzene rings is 1. The van der Waals surface area contributed by atoms with Gasteiger partial charge in [-0.3, -0.25) is 11.3 Å². The lowest BCUT2D eigenvalue weighted by Crippen LogP contribution is -2.59.